The normalized spacial score (nSPS) is 14.1. The van der Waals surface area contributed by atoms with Crippen LogP contribution >= 0.6 is 12.6 Å². The molecule has 0 bridgehead atoms. The molecule has 4 rings (SSSR count). The monoisotopic (exact) mass is 650 g/mol. The van der Waals surface area contributed by atoms with E-state index in [1.165, 1.54) is 42.7 Å². The highest BCUT2D eigenvalue weighted by Gasteiger charge is 2.31. The van der Waals surface area contributed by atoms with Crippen molar-refractivity contribution in [2.24, 2.45) is 10.9 Å². The maximum Gasteiger partial charge on any atom is 0.243 e. The number of carbonyl (C=O) groups excluding carboxylic acids is 3. The van der Waals surface area contributed by atoms with Crippen molar-refractivity contribution in [2.45, 2.75) is 47.5 Å². The number of thiol groups is 1. The van der Waals surface area contributed by atoms with Crippen molar-refractivity contribution in [3.63, 3.8) is 0 Å². The molecule has 12 nitrogen and oxygen atoms in total. The van der Waals surface area contributed by atoms with Crippen LogP contribution in [0.2, 0.25) is 0 Å². The van der Waals surface area contributed by atoms with Crippen LogP contribution in [-0.4, -0.2) is 58.4 Å². The molecule has 4 aromatic rings. The van der Waals surface area contributed by atoms with E-state index in [2.05, 4.69) is 33.2 Å². The zero-order chi connectivity index (χ0) is 32.6. The lowest BCUT2D eigenvalue weighted by Crippen LogP contribution is -2.55. The van der Waals surface area contributed by atoms with E-state index >= 15 is 0 Å². The number of nitrogens with one attached hydrogen (secondary N) is 3. The number of aromatic amines is 1. The third-order valence-corrected chi connectivity index (χ3v) is 8.56. The Bertz CT molecular complexity index is 1720. The van der Waals surface area contributed by atoms with Crippen LogP contribution in [0.1, 0.15) is 28.4 Å². The van der Waals surface area contributed by atoms with E-state index in [4.69, 9.17) is 10.9 Å². The van der Waals surface area contributed by atoms with Gasteiger partial charge in [-0.25, -0.2) is 18.5 Å². The van der Waals surface area contributed by atoms with E-state index < -0.39 is 45.2 Å². The number of phenols is 1. The molecule has 4 unspecified atom stereocenters. The van der Waals surface area contributed by atoms with Gasteiger partial charge in [-0.3, -0.25) is 14.4 Å². The molecule has 3 aromatic carbocycles. The molecular weight excluding hydrogens is 617 g/mol. The summed E-state index contributed by atoms with van der Waals surface area (Å²) in [5.41, 5.74) is 8.61. The molecule has 8 N–H and O–H groups in total. The second-order valence-electron chi connectivity index (χ2n) is 10.5. The summed E-state index contributed by atoms with van der Waals surface area (Å²) in [7, 11) is -4.02. The van der Waals surface area contributed by atoms with E-state index in [9.17, 15) is 27.9 Å². The van der Waals surface area contributed by atoms with Gasteiger partial charge in [0.05, 0.1) is 28.6 Å². The molecule has 0 spiro atoms. The molecule has 0 radical (unpaired) electrons. The third kappa shape index (κ3) is 9.49. The van der Waals surface area contributed by atoms with E-state index in [-0.39, 0.29) is 35.7 Å². The standard InChI is InChI=1S/C31H34N6O6S2/c32-28(21-7-4-8-24(15-21)45(33,42)43)29(44)31(41)37-26(13-20-9-11-23(38)12-10-20)30(40)36-25(16-22-17-34-18-35-22)27(39)14-19-5-2-1-3-6-19/h1-12,15,17-18,25-26,28-29,38,44H,13-14,16,32H2,(H,34,35)(H,36,40)(H,37,41)(H2,33,42,43). The van der Waals surface area contributed by atoms with Crippen LogP contribution in [-0.2, 0) is 43.7 Å². The second-order valence-corrected chi connectivity index (χ2v) is 12.6. The molecule has 0 aliphatic heterocycles. The van der Waals surface area contributed by atoms with Gasteiger partial charge in [0, 0.05) is 31.2 Å². The van der Waals surface area contributed by atoms with Crippen LogP contribution < -0.4 is 21.5 Å². The number of Topliss-reactive ketones (excluding diaryl/α,β-unsaturated/α-hetero) is 1. The number of imidazole rings is 1. The molecular formula is C31H34N6O6S2. The summed E-state index contributed by atoms with van der Waals surface area (Å²) in [6.07, 6.45) is 3.25. The number of sulfonamides is 1. The van der Waals surface area contributed by atoms with Crippen molar-refractivity contribution in [2.75, 3.05) is 0 Å². The summed E-state index contributed by atoms with van der Waals surface area (Å²) in [6, 6.07) is 17.6. The SMILES string of the molecule is NC(c1cccc(S(N)(=O)=O)c1)C(S)C(=O)NC(Cc1ccc(O)cc1)C(=O)NC(Cc1cnc[nH]1)C(=O)Cc1ccccc1. The van der Waals surface area contributed by atoms with Gasteiger partial charge in [0.2, 0.25) is 21.8 Å². The number of rotatable bonds is 14. The maximum atomic E-state index is 13.8. The predicted octanol–water partition coefficient (Wildman–Crippen LogP) is 1.33. The van der Waals surface area contributed by atoms with Crippen LogP contribution in [0, 0.1) is 0 Å². The van der Waals surface area contributed by atoms with Gasteiger partial charge in [0.15, 0.2) is 5.78 Å². The van der Waals surface area contributed by atoms with Gasteiger partial charge in [-0.2, -0.15) is 12.6 Å². The van der Waals surface area contributed by atoms with Gasteiger partial charge in [0.1, 0.15) is 11.8 Å². The lowest BCUT2D eigenvalue weighted by atomic mass is 9.98. The van der Waals surface area contributed by atoms with Gasteiger partial charge in [-0.05, 0) is 41.0 Å². The zero-order valence-corrected chi connectivity index (χ0v) is 25.7. The Morgan fingerprint density at radius 2 is 1.58 bits per heavy atom. The number of ketones is 1. The highest BCUT2D eigenvalue weighted by molar-refractivity contribution is 7.89. The van der Waals surface area contributed by atoms with Crippen molar-refractivity contribution in [3.8, 4) is 5.75 Å². The number of aromatic nitrogens is 2. The summed E-state index contributed by atoms with van der Waals surface area (Å²) >= 11 is 4.39. The lowest BCUT2D eigenvalue weighted by Gasteiger charge is -2.25. The van der Waals surface area contributed by atoms with E-state index in [1.54, 1.807) is 18.3 Å². The molecule has 1 heterocycles. The molecule has 0 aliphatic carbocycles. The topological polar surface area (TPSA) is 210 Å². The summed E-state index contributed by atoms with van der Waals surface area (Å²) < 4.78 is 23.6. The Kier molecular flexibility index (Phi) is 11.1. The molecule has 2 amide bonds. The molecule has 0 saturated heterocycles. The fraction of sp³-hybridized carbons (Fsp3) is 0.226. The second kappa shape index (κ2) is 15.0. The molecule has 4 atom stereocenters. The Morgan fingerprint density at radius 1 is 0.889 bits per heavy atom. The summed E-state index contributed by atoms with van der Waals surface area (Å²) in [5, 5.41) is 19.2. The first-order chi connectivity index (χ1) is 21.4. The fourth-order valence-corrected chi connectivity index (χ4v) is 5.45. The predicted molar refractivity (Wildman–Crippen MR) is 171 cm³/mol. The van der Waals surface area contributed by atoms with Gasteiger partial charge in [0.25, 0.3) is 0 Å². The fourth-order valence-electron chi connectivity index (χ4n) is 4.63. The average molecular weight is 651 g/mol. The van der Waals surface area contributed by atoms with Crippen molar-refractivity contribution < 1.29 is 27.9 Å². The number of hydrogen-bond acceptors (Lipinski definition) is 9. The highest BCUT2D eigenvalue weighted by Crippen LogP contribution is 2.22. The first-order valence-corrected chi connectivity index (χ1v) is 16.0. The summed E-state index contributed by atoms with van der Waals surface area (Å²) in [4.78, 5) is 47.4. The lowest BCUT2D eigenvalue weighted by molar-refractivity contribution is -0.131. The van der Waals surface area contributed by atoms with Gasteiger partial charge >= 0.3 is 0 Å². The molecule has 0 fully saturated rings. The number of H-pyrrole nitrogens is 1. The largest absolute Gasteiger partial charge is 0.508 e. The molecule has 14 heteroatoms. The minimum absolute atomic E-state index is 0.0120. The van der Waals surface area contributed by atoms with Crippen molar-refractivity contribution in [1.29, 1.82) is 0 Å². The first-order valence-electron chi connectivity index (χ1n) is 13.9. The molecule has 0 saturated carbocycles. The van der Waals surface area contributed by atoms with Crippen LogP contribution in [0.25, 0.3) is 0 Å². The Balaban J connectivity index is 1.56. The molecule has 1 aromatic heterocycles. The summed E-state index contributed by atoms with van der Waals surface area (Å²) in [6.45, 7) is 0. The van der Waals surface area contributed by atoms with Crippen molar-refractivity contribution in [1.82, 2.24) is 20.6 Å². The summed E-state index contributed by atoms with van der Waals surface area (Å²) in [5.74, 6) is -1.56. The number of primary sulfonamides is 1. The van der Waals surface area contributed by atoms with E-state index in [1.807, 2.05) is 30.3 Å². The van der Waals surface area contributed by atoms with Crippen molar-refractivity contribution >= 4 is 40.2 Å². The van der Waals surface area contributed by atoms with Crippen molar-refractivity contribution in [3.05, 3.63) is 114 Å². The number of phenolic OH excluding ortho intramolecular Hbond substituents is 1. The zero-order valence-electron chi connectivity index (χ0n) is 24.0. The molecule has 45 heavy (non-hydrogen) atoms. The van der Waals surface area contributed by atoms with Crippen LogP contribution in [0.4, 0.5) is 0 Å². The number of benzene rings is 3. The number of hydrogen-bond donors (Lipinski definition) is 7. The van der Waals surface area contributed by atoms with E-state index in [0.29, 0.717) is 16.8 Å². The number of amides is 2. The number of nitrogens with zero attached hydrogens (tertiary/aromatic N) is 1. The minimum Gasteiger partial charge on any atom is -0.508 e. The number of carbonyl (C=O) groups is 3. The minimum atomic E-state index is -4.02. The smallest absolute Gasteiger partial charge is 0.243 e. The number of nitrogens with two attached hydrogens (primary N) is 2. The van der Waals surface area contributed by atoms with Gasteiger partial charge < -0.3 is 26.5 Å². The Morgan fingerprint density at radius 3 is 2.22 bits per heavy atom. The third-order valence-electron chi connectivity index (χ3n) is 7.09. The van der Waals surface area contributed by atoms with Gasteiger partial charge in [-0.15, -0.1) is 0 Å². The molecule has 236 valence electrons. The van der Waals surface area contributed by atoms with Crippen LogP contribution in [0.3, 0.4) is 0 Å². The quantitative estimate of drug-likeness (QED) is 0.0988. The molecule has 0 aliphatic rings. The number of aromatic hydroxyl groups is 1. The first kappa shape index (κ1) is 33.4. The highest BCUT2D eigenvalue weighted by atomic mass is 32.2. The Labute approximate surface area is 266 Å². The average Bonchev–Trinajstić information content (AvgIpc) is 3.54. The van der Waals surface area contributed by atoms with Gasteiger partial charge in [-0.1, -0.05) is 54.6 Å². The van der Waals surface area contributed by atoms with Crippen LogP contribution in [0.5, 0.6) is 5.75 Å². The van der Waals surface area contributed by atoms with Crippen LogP contribution in [0.15, 0.2) is 96.3 Å². The Hall–Kier alpha value is -4.50. The maximum absolute atomic E-state index is 13.8. The van der Waals surface area contributed by atoms with E-state index in [0.717, 1.165) is 5.56 Å².